The summed E-state index contributed by atoms with van der Waals surface area (Å²) in [7, 11) is 1.65. The van der Waals surface area contributed by atoms with E-state index in [0.29, 0.717) is 0 Å². The van der Waals surface area contributed by atoms with E-state index in [1.54, 1.807) is 7.05 Å². The minimum atomic E-state index is -0.839. The van der Waals surface area contributed by atoms with Gasteiger partial charge in [0.05, 0.1) is 4.83 Å². The maximum atomic E-state index is 10.9. The summed E-state index contributed by atoms with van der Waals surface area (Å²) < 4.78 is 0. The number of allylic oxidation sites excluding steroid dienone is 3. The van der Waals surface area contributed by atoms with Crippen molar-refractivity contribution in [3.05, 3.63) is 23.8 Å². The minimum Gasteiger partial charge on any atom is -0.480 e. The first-order valence-electron chi connectivity index (χ1n) is 4.57. The van der Waals surface area contributed by atoms with Gasteiger partial charge in [-0.05, 0) is 25.5 Å². The molecule has 2 N–H and O–H groups in total. The molecule has 0 aromatic heterocycles. The van der Waals surface area contributed by atoms with Gasteiger partial charge < -0.3 is 10.4 Å². The third-order valence-corrected chi connectivity index (χ3v) is 3.27. The fourth-order valence-electron chi connectivity index (χ4n) is 1.43. The van der Waals surface area contributed by atoms with Gasteiger partial charge in [-0.2, -0.15) is 0 Å². The largest absolute Gasteiger partial charge is 0.480 e. The van der Waals surface area contributed by atoms with Crippen LogP contribution in [0.15, 0.2) is 23.8 Å². The second-order valence-electron chi connectivity index (χ2n) is 3.19. The molecule has 1 aliphatic rings. The number of carboxylic acid groups (broad SMARTS) is 1. The predicted molar refractivity (Wildman–Crippen MR) is 59.7 cm³/mol. The maximum absolute atomic E-state index is 10.9. The highest BCUT2D eigenvalue weighted by Gasteiger charge is 2.26. The summed E-state index contributed by atoms with van der Waals surface area (Å²) in [5.74, 6) is -0.839. The van der Waals surface area contributed by atoms with Gasteiger partial charge in [-0.15, -0.1) is 0 Å². The Hall–Kier alpha value is -0.610. The lowest BCUT2D eigenvalue weighted by molar-refractivity contribution is -0.139. The van der Waals surface area contributed by atoms with E-state index in [2.05, 4.69) is 33.4 Å². The van der Waals surface area contributed by atoms with Gasteiger partial charge >= 0.3 is 5.97 Å². The molecule has 2 atom stereocenters. The molecule has 3 nitrogen and oxygen atoms in total. The van der Waals surface area contributed by atoms with Crippen LogP contribution < -0.4 is 5.32 Å². The lowest BCUT2D eigenvalue weighted by atomic mass is 10.00. The first-order chi connectivity index (χ1) is 6.66. The van der Waals surface area contributed by atoms with Crippen molar-refractivity contribution in [2.24, 2.45) is 0 Å². The van der Waals surface area contributed by atoms with Gasteiger partial charge in [0, 0.05) is 0 Å². The number of halogens is 1. The molecule has 2 unspecified atom stereocenters. The Labute approximate surface area is 92.0 Å². The molecular formula is C10H14BrNO2. The summed E-state index contributed by atoms with van der Waals surface area (Å²) in [6, 6.07) is -0.580. The molecule has 0 bridgehead atoms. The third-order valence-electron chi connectivity index (χ3n) is 2.21. The molecule has 0 aliphatic heterocycles. The second-order valence-corrected chi connectivity index (χ2v) is 4.18. The van der Waals surface area contributed by atoms with Crippen LogP contribution in [0.4, 0.5) is 0 Å². The Kier molecular flexibility index (Phi) is 4.35. The molecule has 0 aromatic carbocycles. The molecule has 0 fully saturated rings. The van der Waals surface area contributed by atoms with Crippen LogP contribution in [0.3, 0.4) is 0 Å². The molecule has 0 heterocycles. The van der Waals surface area contributed by atoms with Crippen LogP contribution >= 0.6 is 15.9 Å². The van der Waals surface area contributed by atoms with Crippen molar-refractivity contribution < 1.29 is 9.90 Å². The van der Waals surface area contributed by atoms with Crippen molar-refractivity contribution in [2.75, 3.05) is 7.05 Å². The normalized spacial score (nSPS) is 20.0. The van der Waals surface area contributed by atoms with E-state index in [1.807, 2.05) is 6.08 Å². The molecule has 0 radical (unpaired) electrons. The summed E-state index contributed by atoms with van der Waals surface area (Å²) in [5.41, 5.74) is 1.04. The molecule has 4 heteroatoms. The number of likely N-dealkylation sites (N-methyl/N-ethyl adjacent to an activating group) is 1. The highest BCUT2D eigenvalue weighted by molar-refractivity contribution is 9.09. The molecule has 0 aromatic rings. The number of alkyl halides is 1. The maximum Gasteiger partial charge on any atom is 0.322 e. The van der Waals surface area contributed by atoms with Gasteiger partial charge in [0.2, 0.25) is 0 Å². The lowest BCUT2D eigenvalue weighted by Crippen LogP contribution is -2.42. The first-order valence-corrected chi connectivity index (χ1v) is 5.49. The van der Waals surface area contributed by atoms with Gasteiger partial charge in [0.25, 0.3) is 0 Å². The molecule has 0 saturated carbocycles. The molecule has 78 valence electrons. The van der Waals surface area contributed by atoms with Crippen molar-refractivity contribution in [1.82, 2.24) is 5.32 Å². The van der Waals surface area contributed by atoms with Crippen molar-refractivity contribution in [1.29, 1.82) is 0 Å². The van der Waals surface area contributed by atoms with E-state index in [-0.39, 0.29) is 4.83 Å². The smallest absolute Gasteiger partial charge is 0.322 e. The Balaban J connectivity index is 2.71. The molecule has 0 saturated heterocycles. The van der Waals surface area contributed by atoms with Crippen molar-refractivity contribution in [2.45, 2.75) is 23.7 Å². The predicted octanol–water partition coefficient (Wildman–Crippen LogP) is 1.70. The zero-order valence-electron chi connectivity index (χ0n) is 8.03. The SMILES string of the molecule is CNC(C(=O)O)C(Br)C1=CCCC=C1. The van der Waals surface area contributed by atoms with E-state index in [9.17, 15) is 4.79 Å². The molecule has 0 amide bonds. The Bertz CT molecular complexity index is 273. The van der Waals surface area contributed by atoms with Crippen molar-refractivity contribution in [3.63, 3.8) is 0 Å². The molecule has 0 spiro atoms. The zero-order chi connectivity index (χ0) is 10.6. The van der Waals surface area contributed by atoms with Crippen LogP contribution in [0.1, 0.15) is 12.8 Å². The summed E-state index contributed by atoms with van der Waals surface area (Å²) in [6.07, 6.45) is 8.16. The highest BCUT2D eigenvalue weighted by atomic mass is 79.9. The van der Waals surface area contributed by atoms with E-state index in [4.69, 9.17) is 5.11 Å². The summed E-state index contributed by atoms with van der Waals surface area (Å²) >= 11 is 3.40. The first kappa shape index (κ1) is 11.5. The van der Waals surface area contributed by atoms with Crippen LogP contribution in [0.5, 0.6) is 0 Å². The van der Waals surface area contributed by atoms with Crippen LogP contribution in [-0.2, 0) is 4.79 Å². The number of nitrogens with one attached hydrogen (secondary N) is 1. The fourth-order valence-corrected chi connectivity index (χ4v) is 2.26. The quantitative estimate of drug-likeness (QED) is 0.756. The van der Waals surface area contributed by atoms with Gasteiger partial charge in [0.15, 0.2) is 0 Å². The summed E-state index contributed by atoms with van der Waals surface area (Å²) in [4.78, 5) is 10.7. The summed E-state index contributed by atoms with van der Waals surface area (Å²) in [5, 5.41) is 11.7. The van der Waals surface area contributed by atoms with E-state index < -0.39 is 12.0 Å². The monoisotopic (exact) mass is 259 g/mol. The van der Waals surface area contributed by atoms with Crippen LogP contribution in [-0.4, -0.2) is 29.0 Å². The second kappa shape index (κ2) is 5.32. The van der Waals surface area contributed by atoms with Gasteiger partial charge in [-0.25, -0.2) is 0 Å². The number of carbonyl (C=O) groups is 1. The Morgan fingerprint density at radius 3 is 2.79 bits per heavy atom. The van der Waals surface area contributed by atoms with Crippen LogP contribution in [0.2, 0.25) is 0 Å². The van der Waals surface area contributed by atoms with Gasteiger partial charge in [0.1, 0.15) is 6.04 Å². The number of rotatable bonds is 4. The Morgan fingerprint density at radius 2 is 2.36 bits per heavy atom. The lowest BCUT2D eigenvalue weighted by Gasteiger charge is -2.20. The van der Waals surface area contributed by atoms with Crippen LogP contribution in [0.25, 0.3) is 0 Å². The van der Waals surface area contributed by atoms with E-state index in [0.717, 1.165) is 18.4 Å². The molecule has 1 aliphatic carbocycles. The third kappa shape index (κ3) is 2.69. The topological polar surface area (TPSA) is 49.3 Å². The Morgan fingerprint density at radius 1 is 1.64 bits per heavy atom. The van der Waals surface area contributed by atoms with E-state index in [1.165, 1.54) is 0 Å². The standard InChI is InChI=1S/C10H14BrNO2/c1-12-9(10(13)14)8(11)7-5-3-2-4-6-7/h3,5-6,8-9,12H,2,4H2,1H3,(H,13,14). The van der Waals surface area contributed by atoms with Crippen molar-refractivity contribution >= 4 is 21.9 Å². The van der Waals surface area contributed by atoms with E-state index >= 15 is 0 Å². The van der Waals surface area contributed by atoms with Crippen molar-refractivity contribution in [3.8, 4) is 0 Å². The number of carboxylic acids is 1. The van der Waals surface area contributed by atoms with Gasteiger partial charge in [-0.1, -0.05) is 34.2 Å². The average molecular weight is 260 g/mol. The number of hydrogen-bond donors (Lipinski definition) is 2. The number of hydrogen-bond acceptors (Lipinski definition) is 2. The van der Waals surface area contributed by atoms with Crippen LogP contribution in [0, 0.1) is 0 Å². The van der Waals surface area contributed by atoms with Gasteiger partial charge in [-0.3, -0.25) is 4.79 Å². The molecule has 14 heavy (non-hydrogen) atoms. The molecule has 1 rings (SSSR count). The fraction of sp³-hybridized carbons (Fsp3) is 0.500. The zero-order valence-corrected chi connectivity index (χ0v) is 9.62. The number of aliphatic carboxylic acids is 1. The highest BCUT2D eigenvalue weighted by Crippen LogP contribution is 2.22. The summed E-state index contributed by atoms with van der Waals surface area (Å²) in [6.45, 7) is 0. The molecular weight excluding hydrogens is 246 g/mol. The average Bonchev–Trinajstić information content (AvgIpc) is 2.19. The minimum absolute atomic E-state index is 0.165.